The van der Waals surface area contributed by atoms with Gasteiger partial charge in [0.2, 0.25) is 0 Å². The van der Waals surface area contributed by atoms with Crippen molar-refractivity contribution in [1.29, 1.82) is 0 Å². The number of ether oxygens (including phenoxy) is 1. The molecule has 31 heavy (non-hydrogen) atoms. The molecule has 2 atom stereocenters. The van der Waals surface area contributed by atoms with Crippen LogP contribution in [0.1, 0.15) is 46.5 Å². The predicted molar refractivity (Wildman–Crippen MR) is 122 cm³/mol. The molecule has 1 aliphatic rings. The van der Waals surface area contributed by atoms with Gasteiger partial charge in [-0.15, -0.1) is 0 Å². The number of carbonyl (C=O) groups excluding carboxylic acids is 1. The van der Waals surface area contributed by atoms with Crippen molar-refractivity contribution in [3.8, 4) is 0 Å². The van der Waals surface area contributed by atoms with E-state index in [9.17, 15) is 9.59 Å². The van der Waals surface area contributed by atoms with Crippen molar-refractivity contribution in [2.45, 2.75) is 58.8 Å². The number of methoxy groups -OCH3 is 1. The normalized spacial score (nSPS) is 18.9. The lowest BCUT2D eigenvalue weighted by Gasteiger charge is -2.43. The Kier molecular flexibility index (Phi) is 7.01. The van der Waals surface area contributed by atoms with Gasteiger partial charge in [0, 0.05) is 38.3 Å². The monoisotopic (exact) mass is 429 g/mol. The number of piperazine rings is 1. The Labute approximate surface area is 184 Å². The summed E-state index contributed by atoms with van der Waals surface area (Å²) in [6.07, 6.45) is 0. The molecule has 1 aliphatic heterocycles. The fraction of sp³-hybridized carbons (Fsp3) is 0.609. The van der Waals surface area contributed by atoms with Crippen LogP contribution < -0.4 is 10.9 Å². The third-order valence-electron chi connectivity index (χ3n) is 5.73. The fourth-order valence-electron chi connectivity index (χ4n) is 4.10. The molecule has 0 aliphatic carbocycles. The Balaban J connectivity index is 1.85. The number of hydrogen-bond acceptors (Lipinski definition) is 5. The summed E-state index contributed by atoms with van der Waals surface area (Å²) >= 11 is 0. The van der Waals surface area contributed by atoms with Crippen LogP contribution in [0.3, 0.4) is 0 Å². The van der Waals surface area contributed by atoms with Crippen LogP contribution in [-0.2, 0) is 11.3 Å². The first kappa shape index (κ1) is 23.2. The molecule has 1 aromatic carbocycles. The topological polar surface area (TPSA) is 79.7 Å². The molecule has 0 bridgehead atoms. The van der Waals surface area contributed by atoms with Gasteiger partial charge in [-0.2, -0.15) is 0 Å². The molecule has 0 saturated carbocycles. The van der Waals surface area contributed by atoms with E-state index in [0.717, 1.165) is 12.4 Å². The van der Waals surface area contributed by atoms with E-state index in [2.05, 4.69) is 24.1 Å². The molecule has 170 valence electrons. The molecule has 8 nitrogen and oxygen atoms in total. The number of nitrogens with zero attached hydrogens (tertiary/aromatic N) is 4. The largest absolute Gasteiger partial charge is 0.383 e. The zero-order valence-corrected chi connectivity index (χ0v) is 19.5. The van der Waals surface area contributed by atoms with Gasteiger partial charge < -0.3 is 15.0 Å². The second kappa shape index (κ2) is 9.36. The van der Waals surface area contributed by atoms with Crippen LogP contribution in [0.5, 0.6) is 0 Å². The molecule has 0 spiro atoms. The van der Waals surface area contributed by atoms with Crippen molar-refractivity contribution in [1.82, 2.24) is 24.7 Å². The number of amides is 2. The minimum atomic E-state index is -0.270. The van der Waals surface area contributed by atoms with E-state index < -0.39 is 0 Å². The summed E-state index contributed by atoms with van der Waals surface area (Å²) in [5.41, 5.74) is 0.396. The van der Waals surface area contributed by atoms with Gasteiger partial charge in [-0.3, -0.25) is 14.3 Å². The molecular weight excluding hydrogens is 394 g/mol. The Bertz CT molecular complexity index is 981. The lowest BCUT2D eigenvalue weighted by atomic mass is 10.1. The summed E-state index contributed by atoms with van der Waals surface area (Å²) in [5.74, 6) is 0.737. The van der Waals surface area contributed by atoms with Crippen LogP contribution in [0, 0.1) is 0 Å². The zero-order valence-electron chi connectivity index (χ0n) is 19.5. The number of benzene rings is 1. The van der Waals surface area contributed by atoms with E-state index in [1.165, 1.54) is 0 Å². The van der Waals surface area contributed by atoms with Gasteiger partial charge >= 0.3 is 6.03 Å². The number of urea groups is 1. The van der Waals surface area contributed by atoms with Crippen molar-refractivity contribution >= 4 is 16.9 Å². The fourth-order valence-corrected chi connectivity index (χ4v) is 4.10. The number of fused-ring (bicyclic) bond motifs is 1. The smallest absolute Gasteiger partial charge is 0.318 e. The van der Waals surface area contributed by atoms with Crippen LogP contribution >= 0.6 is 0 Å². The van der Waals surface area contributed by atoms with Crippen LogP contribution in [0.2, 0.25) is 0 Å². The summed E-state index contributed by atoms with van der Waals surface area (Å²) < 4.78 is 6.97. The van der Waals surface area contributed by atoms with Gasteiger partial charge in [0.1, 0.15) is 5.82 Å². The van der Waals surface area contributed by atoms with E-state index in [1.807, 2.05) is 49.9 Å². The Morgan fingerprint density at radius 3 is 2.65 bits per heavy atom. The molecule has 0 radical (unpaired) electrons. The first-order valence-corrected chi connectivity index (χ1v) is 10.9. The number of aromatic nitrogens is 2. The summed E-state index contributed by atoms with van der Waals surface area (Å²) in [7, 11) is 1.63. The molecule has 2 aromatic rings. The van der Waals surface area contributed by atoms with Gasteiger partial charge in [-0.1, -0.05) is 12.1 Å². The molecular formula is C23H35N5O3. The summed E-state index contributed by atoms with van der Waals surface area (Å²) in [6, 6.07) is 7.41. The van der Waals surface area contributed by atoms with E-state index in [1.54, 1.807) is 11.7 Å². The molecule has 1 aromatic heterocycles. The molecule has 1 fully saturated rings. The van der Waals surface area contributed by atoms with Gasteiger partial charge in [-0.05, 0) is 46.8 Å². The molecule has 2 heterocycles. The highest BCUT2D eigenvalue weighted by molar-refractivity contribution is 5.77. The van der Waals surface area contributed by atoms with Crippen molar-refractivity contribution in [2.24, 2.45) is 0 Å². The molecule has 2 amide bonds. The zero-order chi connectivity index (χ0) is 22.8. The SMILES string of the molecule is COCCn1c(C(C)N2CCN(C(=O)NC(C)(C)C)C(C)C2)nc2ccccc2c1=O. The Hall–Kier alpha value is -2.45. The summed E-state index contributed by atoms with van der Waals surface area (Å²) in [5, 5.41) is 3.67. The van der Waals surface area contributed by atoms with E-state index in [-0.39, 0.29) is 29.2 Å². The van der Waals surface area contributed by atoms with E-state index in [4.69, 9.17) is 9.72 Å². The lowest BCUT2D eigenvalue weighted by molar-refractivity contribution is 0.0716. The lowest BCUT2D eigenvalue weighted by Crippen LogP contribution is -2.59. The van der Waals surface area contributed by atoms with Gasteiger partial charge in [0.05, 0.1) is 30.1 Å². The number of hydrogen-bond donors (Lipinski definition) is 1. The number of para-hydroxylation sites is 1. The van der Waals surface area contributed by atoms with E-state index in [0.29, 0.717) is 37.1 Å². The van der Waals surface area contributed by atoms with Crippen LogP contribution in [0.4, 0.5) is 4.79 Å². The summed E-state index contributed by atoms with van der Waals surface area (Å²) in [6.45, 7) is 13.1. The minimum absolute atomic E-state index is 0.0341. The second-order valence-electron chi connectivity index (χ2n) is 9.33. The van der Waals surface area contributed by atoms with Crippen molar-refractivity contribution in [3.05, 3.63) is 40.4 Å². The van der Waals surface area contributed by atoms with Crippen molar-refractivity contribution < 1.29 is 9.53 Å². The van der Waals surface area contributed by atoms with Crippen molar-refractivity contribution in [3.63, 3.8) is 0 Å². The third-order valence-corrected chi connectivity index (χ3v) is 5.73. The molecule has 3 rings (SSSR count). The molecule has 2 unspecified atom stereocenters. The minimum Gasteiger partial charge on any atom is -0.383 e. The Morgan fingerprint density at radius 2 is 2.00 bits per heavy atom. The maximum absolute atomic E-state index is 13.2. The van der Waals surface area contributed by atoms with Crippen molar-refractivity contribution in [2.75, 3.05) is 33.4 Å². The summed E-state index contributed by atoms with van der Waals surface area (Å²) in [4.78, 5) is 34.9. The van der Waals surface area contributed by atoms with Gasteiger partial charge in [0.25, 0.3) is 5.56 Å². The Morgan fingerprint density at radius 1 is 1.29 bits per heavy atom. The van der Waals surface area contributed by atoms with Gasteiger partial charge in [0.15, 0.2) is 0 Å². The average molecular weight is 430 g/mol. The maximum atomic E-state index is 13.2. The maximum Gasteiger partial charge on any atom is 0.318 e. The first-order valence-electron chi connectivity index (χ1n) is 10.9. The molecule has 1 N–H and O–H groups in total. The highest BCUT2D eigenvalue weighted by Crippen LogP contribution is 2.23. The predicted octanol–water partition coefficient (Wildman–Crippen LogP) is 2.62. The average Bonchev–Trinajstić information content (AvgIpc) is 2.71. The highest BCUT2D eigenvalue weighted by Gasteiger charge is 2.32. The van der Waals surface area contributed by atoms with Crippen LogP contribution in [-0.4, -0.2) is 70.3 Å². The molecule has 8 heteroatoms. The number of nitrogens with one attached hydrogen (secondary N) is 1. The standard InChI is InChI=1S/C23H35N5O3/c1-16-15-26(11-12-27(16)22(30)25-23(3,4)5)17(2)20-24-19-10-8-7-9-18(19)21(29)28(20)13-14-31-6/h7-10,16-17H,11-15H2,1-6H3,(H,25,30). The number of rotatable bonds is 5. The first-order chi connectivity index (χ1) is 14.6. The van der Waals surface area contributed by atoms with E-state index >= 15 is 0 Å². The van der Waals surface area contributed by atoms with Gasteiger partial charge in [-0.25, -0.2) is 9.78 Å². The quantitative estimate of drug-likeness (QED) is 0.790. The van der Waals surface area contributed by atoms with Crippen LogP contribution in [0.15, 0.2) is 29.1 Å². The highest BCUT2D eigenvalue weighted by atomic mass is 16.5. The molecule has 1 saturated heterocycles. The van der Waals surface area contributed by atoms with Crippen LogP contribution in [0.25, 0.3) is 10.9 Å². The third kappa shape index (κ3) is 5.25. The number of carbonyl (C=O) groups is 1. The second-order valence-corrected chi connectivity index (χ2v) is 9.33.